The van der Waals surface area contributed by atoms with Crippen molar-refractivity contribution in [2.75, 3.05) is 0 Å². The van der Waals surface area contributed by atoms with E-state index in [-0.39, 0.29) is 6.04 Å². The van der Waals surface area contributed by atoms with Gasteiger partial charge in [-0.15, -0.1) is 6.58 Å². The van der Waals surface area contributed by atoms with Gasteiger partial charge in [0.25, 0.3) is 0 Å². The maximum Gasteiger partial charge on any atom is 0.0542 e. The van der Waals surface area contributed by atoms with Gasteiger partial charge in [-0.05, 0) is 40.3 Å². The Morgan fingerprint density at radius 2 is 2.25 bits per heavy atom. The van der Waals surface area contributed by atoms with E-state index in [2.05, 4.69) is 29.2 Å². The normalized spacial score (nSPS) is 12.6. The Labute approximate surface area is 90.7 Å². The lowest BCUT2D eigenvalue weighted by molar-refractivity contribution is 0.914. The maximum absolute atomic E-state index is 5.92. The van der Waals surface area contributed by atoms with Crippen LogP contribution in [0.5, 0.6) is 0 Å². The van der Waals surface area contributed by atoms with Gasteiger partial charge in [0.2, 0.25) is 0 Å². The minimum atomic E-state index is -0.125. The van der Waals surface area contributed by atoms with E-state index in [0.29, 0.717) is 0 Å². The van der Waals surface area contributed by atoms with Crippen molar-refractivity contribution >= 4 is 34.2 Å². The molecule has 0 spiro atoms. The van der Waals surface area contributed by atoms with Gasteiger partial charge in [-0.25, -0.2) is 0 Å². The van der Waals surface area contributed by atoms with Gasteiger partial charge in [0.05, 0.1) is 5.02 Å². The van der Waals surface area contributed by atoms with E-state index in [4.69, 9.17) is 17.3 Å². The van der Waals surface area contributed by atoms with E-state index < -0.39 is 0 Å². The van der Waals surface area contributed by atoms with Crippen LogP contribution in [0.3, 0.4) is 0 Å². The van der Waals surface area contributed by atoms with Crippen molar-refractivity contribution < 1.29 is 0 Å². The van der Waals surface area contributed by atoms with Crippen LogP contribution in [0.15, 0.2) is 30.9 Å². The topological polar surface area (TPSA) is 26.0 Å². The molecule has 0 aliphatic rings. The van der Waals surface area contributed by atoms with E-state index in [1.807, 2.05) is 18.2 Å². The summed E-state index contributed by atoms with van der Waals surface area (Å²) in [4.78, 5) is 0. The van der Waals surface area contributed by atoms with Crippen LogP contribution in [-0.4, -0.2) is 0 Å². The third-order valence-corrected chi connectivity index (χ3v) is 3.15. The molecule has 0 bridgehead atoms. The van der Waals surface area contributed by atoms with Crippen molar-refractivity contribution in [2.45, 2.75) is 6.04 Å². The average Bonchev–Trinajstić information content (AvgIpc) is 2.08. The lowest BCUT2D eigenvalue weighted by Crippen LogP contribution is -2.06. The fourth-order valence-corrected chi connectivity index (χ4v) is 1.38. The highest BCUT2D eigenvalue weighted by Crippen LogP contribution is 2.22. The molecule has 0 aliphatic heterocycles. The standard InChI is InChI=1S/C9H9ClIN/c1-2-9(12)6-3-4-8(11)7(10)5-6/h2-5,9H,1,12H2/t9-/m0/s1. The van der Waals surface area contributed by atoms with Gasteiger partial charge in [-0.3, -0.25) is 0 Å². The molecule has 0 saturated heterocycles. The molecule has 12 heavy (non-hydrogen) atoms. The Bertz CT molecular complexity index is 299. The Morgan fingerprint density at radius 1 is 1.58 bits per heavy atom. The van der Waals surface area contributed by atoms with Gasteiger partial charge in [-0.2, -0.15) is 0 Å². The summed E-state index contributed by atoms with van der Waals surface area (Å²) in [5.74, 6) is 0. The summed E-state index contributed by atoms with van der Waals surface area (Å²) in [6, 6.07) is 5.65. The maximum atomic E-state index is 5.92. The molecule has 0 unspecified atom stereocenters. The third kappa shape index (κ3) is 2.21. The minimum absolute atomic E-state index is 0.125. The third-order valence-electron chi connectivity index (χ3n) is 1.58. The van der Waals surface area contributed by atoms with E-state index in [1.54, 1.807) is 6.08 Å². The van der Waals surface area contributed by atoms with Crippen molar-refractivity contribution in [1.29, 1.82) is 0 Å². The smallest absolute Gasteiger partial charge is 0.0542 e. The first-order valence-electron chi connectivity index (χ1n) is 3.48. The number of halogens is 2. The van der Waals surface area contributed by atoms with Crippen LogP contribution in [0.25, 0.3) is 0 Å². The molecule has 0 aromatic heterocycles. The zero-order valence-corrected chi connectivity index (χ0v) is 9.34. The van der Waals surface area contributed by atoms with E-state index >= 15 is 0 Å². The summed E-state index contributed by atoms with van der Waals surface area (Å²) in [6.45, 7) is 3.62. The van der Waals surface area contributed by atoms with Crippen LogP contribution in [0.1, 0.15) is 11.6 Å². The quantitative estimate of drug-likeness (QED) is 0.658. The molecule has 1 rings (SSSR count). The minimum Gasteiger partial charge on any atom is -0.321 e. The molecular weight excluding hydrogens is 284 g/mol. The first-order chi connectivity index (χ1) is 5.65. The van der Waals surface area contributed by atoms with E-state index in [9.17, 15) is 0 Å². The highest BCUT2D eigenvalue weighted by molar-refractivity contribution is 14.1. The van der Waals surface area contributed by atoms with Crippen molar-refractivity contribution in [3.63, 3.8) is 0 Å². The second-order valence-corrected chi connectivity index (χ2v) is 4.00. The molecule has 1 aromatic carbocycles. The molecule has 1 nitrogen and oxygen atoms in total. The van der Waals surface area contributed by atoms with Crippen LogP contribution < -0.4 is 5.73 Å². The highest BCUT2D eigenvalue weighted by Gasteiger charge is 2.03. The molecule has 0 radical (unpaired) electrons. The predicted molar refractivity (Wildman–Crippen MR) is 61.3 cm³/mol. The largest absolute Gasteiger partial charge is 0.321 e. The highest BCUT2D eigenvalue weighted by atomic mass is 127. The van der Waals surface area contributed by atoms with Crippen LogP contribution in [0.2, 0.25) is 5.02 Å². The number of rotatable bonds is 2. The summed E-state index contributed by atoms with van der Waals surface area (Å²) in [7, 11) is 0. The van der Waals surface area contributed by atoms with Gasteiger partial charge < -0.3 is 5.73 Å². The summed E-state index contributed by atoms with van der Waals surface area (Å²) in [6.07, 6.45) is 1.69. The van der Waals surface area contributed by atoms with Gasteiger partial charge in [-0.1, -0.05) is 23.7 Å². The summed E-state index contributed by atoms with van der Waals surface area (Å²) >= 11 is 8.10. The zero-order chi connectivity index (χ0) is 9.14. The monoisotopic (exact) mass is 293 g/mol. The van der Waals surface area contributed by atoms with E-state index in [1.165, 1.54) is 0 Å². The molecule has 2 N–H and O–H groups in total. The molecule has 0 heterocycles. The van der Waals surface area contributed by atoms with Gasteiger partial charge >= 0.3 is 0 Å². The second-order valence-electron chi connectivity index (χ2n) is 2.44. The molecule has 0 aliphatic carbocycles. The SMILES string of the molecule is C=C[C@H](N)c1ccc(I)c(Cl)c1. The molecule has 1 aromatic rings. The fourth-order valence-electron chi connectivity index (χ4n) is 0.856. The molecule has 64 valence electrons. The summed E-state index contributed by atoms with van der Waals surface area (Å²) < 4.78 is 1.04. The zero-order valence-electron chi connectivity index (χ0n) is 6.43. The summed E-state index contributed by atoms with van der Waals surface area (Å²) in [5.41, 5.74) is 6.73. The molecule has 0 amide bonds. The Morgan fingerprint density at radius 3 is 2.75 bits per heavy atom. The van der Waals surface area contributed by atoms with Gasteiger partial charge in [0.1, 0.15) is 0 Å². The number of hydrogen-bond donors (Lipinski definition) is 1. The lowest BCUT2D eigenvalue weighted by Gasteiger charge is -2.06. The lowest BCUT2D eigenvalue weighted by atomic mass is 10.1. The van der Waals surface area contributed by atoms with Crippen LogP contribution in [0.4, 0.5) is 0 Å². The van der Waals surface area contributed by atoms with Gasteiger partial charge in [0, 0.05) is 9.61 Å². The second kappa shape index (κ2) is 4.25. The molecule has 0 fully saturated rings. The van der Waals surface area contributed by atoms with Crippen molar-refractivity contribution in [3.05, 3.63) is 45.0 Å². The first-order valence-corrected chi connectivity index (χ1v) is 4.94. The molecule has 1 atom stereocenters. The van der Waals surface area contributed by atoms with Crippen LogP contribution in [0, 0.1) is 3.57 Å². The van der Waals surface area contributed by atoms with Crippen LogP contribution in [-0.2, 0) is 0 Å². The molecule has 0 saturated carbocycles. The van der Waals surface area contributed by atoms with Crippen LogP contribution >= 0.6 is 34.2 Å². The predicted octanol–water partition coefficient (Wildman–Crippen LogP) is 3.13. The average molecular weight is 294 g/mol. The van der Waals surface area contributed by atoms with Crippen molar-refractivity contribution in [3.8, 4) is 0 Å². The number of nitrogens with two attached hydrogens (primary N) is 1. The fraction of sp³-hybridized carbons (Fsp3) is 0.111. The van der Waals surface area contributed by atoms with Crippen molar-refractivity contribution in [2.24, 2.45) is 5.73 Å². The molecular formula is C9H9ClIN. The van der Waals surface area contributed by atoms with E-state index in [0.717, 1.165) is 14.2 Å². The number of hydrogen-bond acceptors (Lipinski definition) is 1. The molecule has 3 heteroatoms. The Hall–Kier alpha value is -0.0600. The van der Waals surface area contributed by atoms with Gasteiger partial charge in [0.15, 0.2) is 0 Å². The van der Waals surface area contributed by atoms with Crippen molar-refractivity contribution in [1.82, 2.24) is 0 Å². The Balaban J connectivity index is 3.04. The first kappa shape index (κ1) is 10.0. The number of benzene rings is 1. The summed E-state index contributed by atoms with van der Waals surface area (Å²) in [5, 5.41) is 0.741. The Kier molecular flexibility index (Phi) is 3.55.